The largest absolute Gasteiger partial charge is 0.384 e. The number of allylic oxidation sites excluding steroid dienone is 1. The van der Waals surface area contributed by atoms with Crippen LogP contribution in [-0.4, -0.2) is 4.98 Å². The van der Waals surface area contributed by atoms with Crippen LogP contribution in [0, 0.1) is 0 Å². The summed E-state index contributed by atoms with van der Waals surface area (Å²) in [5.74, 6) is 0.560. The SMILES string of the molecule is C=C(C)c1nc(N)ccc1CC. The highest BCUT2D eigenvalue weighted by atomic mass is 14.8. The second kappa shape index (κ2) is 3.39. The van der Waals surface area contributed by atoms with Gasteiger partial charge in [-0.05, 0) is 30.5 Å². The van der Waals surface area contributed by atoms with Crippen molar-refractivity contribution in [1.29, 1.82) is 0 Å². The third-order valence-corrected chi connectivity index (χ3v) is 1.79. The van der Waals surface area contributed by atoms with Crippen molar-refractivity contribution < 1.29 is 0 Å². The van der Waals surface area contributed by atoms with Crippen LogP contribution in [0.4, 0.5) is 5.82 Å². The van der Waals surface area contributed by atoms with Gasteiger partial charge in [-0.1, -0.05) is 19.6 Å². The van der Waals surface area contributed by atoms with Crippen molar-refractivity contribution in [3.8, 4) is 0 Å². The first-order chi connectivity index (χ1) is 5.65. The quantitative estimate of drug-likeness (QED) is 0.724. The van der Waals surface area contributed by atoms with Crippen molar-refractivity contribution in [3.05, 3.63) is 30.0 Å². The number of aromatic nitrogens is 1. The van der Waals surface area contributed by atoms with Crippen LogP contribution in [0.3, 0.4) is 0 Å². The van der Waals surface area contributed by atoms with Gasteiger partial charge < -0.3 is 5.73 Å². The van der Waals surface area contributed by atoms with E-state index in [9.17, 15) is 0 Å². The van der Waals surface area contributed by atoms with E-state index in [4.69, 9.17) is 5.73 Å². The Labute approximate surface area is 73.1 Å². The number of aryl methyl sites for hydroxylation is 1. The van der Waals surface area contributed by atoms with Crippen LogP contribution in [-0.2, 0) is 6.42 Å². The summed E-state index contributed by atoms with van der Waals surface area (Å²) in [6.45, 7) is 7.90. The zero-order chi connectivity index (χ0) is 9.14. The van der Waals surface area contributed by atoms with Gasteiger partial charge in [0, 0.05) is 0 Å². The minimum Gasteiger partial charge on any atom is -0.384 e. The predicted molar refractivity (Wildman–Crippen MR) is 52.7 cm³/mol. The molecule has 0 aliphatic carbocycles. The molecule has 2 heteroatoms. The van der Waals surface area contributed by atoms with Gasteiger partial charge in [0.1, 0.15) is 5.82 Å². The van der Waals surface area contributed by atoms with Crippen molar-refractivity contribution in [2.45, 2.75) is 20.3 Å². The maximum atomic E-state index is 5.57. The Hall–Kier alpha value is -1.31. The van der Waals surface area contributed by atoms with Gasteiger partial charge in [0.2, 0.25) is 0 Å². The molecule has 64 valence electrons. The molecule has 0 aliphatic heterocycles. The van der Waals surface area contributed by atoms with E-state index < -0.39 is 0 Å². The molecule has 0 saturated carbocycles. The molecule has 0 radical (unpaired) electrons. The Balaban J connectivity index is 3.21. The number of nitrogens with two attached hydrogens (primary N) is 1. The topological polar surface area (TPSA) is 38.9 Å². The van der Waals surface area contributed by atoms with Crippen LogP contribution in [0.1, 0.15) is 25.1 Å². The highest BCUT2D eigenvalue weighted by Gasteiger charge is 2.02. The molecule has 0 fully saturated rings. The lowest BCUT2D eigenvalue weighted by molar-refractivity contribution is 1.08. The van der Waals surface area contributed by atoms with Gasteiger partial charge in [-0.15, -0.1) is 0 Å². The van der Waals surface area contributed by atoms with E-state index in [1.165, 1.54) is 5.56 Å². The second-order valence-electron chi connectivity index (χ2n) is 2.88. The number of anilines is 1. The monoisotopic (exact) mass is 162 g/mol. The summed E-state index contributed by atoms with van der Waals surface area (Å²) in [4.78, 5) is 4.22. The molecule has 0 atom stereocenters. The zero-order valence-corrected chi connectivity index (χ0v) is 7.59. The molecule has 0 saturated heterocycles. The van der Waals surface area contributed by atoms with Crippen LogP contribution in [0.15, 0.2) is 18.7 Å². The third kappa shape index (κ3) is 1.64. The molecule has 1 aromatic rings. The Morgan fingerprint density at radius 3 is 2.75 bits per heavy atom. The Morgan fingerprint density at radius 1 is 1.58 bits per heavy atom. The first-order valence-corrected chi connectivity index (χ1v) is 4.06. The van der Waals surface area contributed by atoms with Gasteiger partial charge in [0.05, 0.1) is 5.69 Å². The van der Waals surface area contributed by atoms with E-state index in [1.807, 2.05) is 19.1 Å². The number of pyridine rings is 1. The smallest absolute Gasteiger partial charge is 0.124 e. The van der Waals surface area contributed by atoms with Gasteiger partial charge in [-0.2, -0.15) is 0 Å². The molecule has 2 N–H and O–H groups in total. The Kier molecular flexibility index (Phi) is 2.48. The molecule has 0 amide bonds. The van der Waals surface area contributed by atoms with E-state index in [1.54, 1.807) is 0 Å². The molecule has 0 aromatic carbocycles. The maximum Gasteiger partial charge on any atom is 0.124 e. The fourth-order valence-corrected chi connectivity index (χ4v) is 1.16. The first kappa shape index (κ1) is 8.78. The van der Waals surface area contributed by atoms with Crippen molar-refractivity contribution in [2.24, 2.45) is 0 Å². The maximum absolute atomic E-state index is 5.57. The average molecular weight is 162 g/mol. The molecule has 1 aromatic heterocycles. The third-order valence-electron chi connectivity index (χ3n) is 1.79. The highest BCUT2D eigenvalue weighted by molar-refractivity contribution is 5.62. The molecule has 2 nitrogen and oxygen atoms in total. The number of nitrogens with zero attached hydrogens (tertiary/aromatic N) is 1. The lowest BCUT2D eigenvalue weighted by Gasteiger charge is -2.06. The van der Waals surface area contributed by atoms with Gasteiger partial charge in [-0.25, -0.2) is 4.98 Å². The second-order valence-corrected chi connectivity index (χ2v) is 2.88. The standard InChI is InChI=1S/C10H14N2/c1-4-8-5-6-9(11)12-10(8)7(2)3/h5-6H,2,4H2,1,3H3,(H2,11,12). The minimum atomic E-state index is 0.560. The van der Waals surface area contributed by atoms with Crippen LogP contribution in [0.2, 0.25) is 0 Å². The molecular formula is C10H14N2. The van der Waals surface area contributed by atoms with E-state index >= 15 is 0 Å². The summed E-state index contributed by atoms with van der Waals surface area (Å²) in [6.07, 6.45) is 0.968. The normalized spacial score (nSPS) is 9.83. The number of hydrogen-bond acceptors (Lipinski definition) is 2. The van der Waals surface area contributed by atoms with Gasteiger partial charge in [-0.3, -0.25) is 0 Å². The summed E-state index contributed by atoms with van der Waals surface area (Å²) in [7, 11) is 0. The molecule has 0 aliphatic rings. The Morgan fingerprint density at radius 2 is 2.25 bits per heavy atom. The van der Waals surface area contributed by atoms with Gasteiger partial charge in [0.15, 0.2) is 0 Å². The summed E-state index contributed by atoms with van der Waals surface area (Å²) in [5.41, 5.74) is 8.69. The van der Waals surface area contributed by atoms with E-state index in [-0.39, 0.29) is 0 Å². The van der Waals surface area contributed by atoms with Crippen molar-refractivity contribution in [1.82, 2.24) is 4.98 Å². The molecule has 0 spiro atoms. The molecular weight excluding hydrogens is 148 g/mol. The summed E-state index contributed by atoms with van der Waals surface area (Å²) >= 11 is 0. The zero-order valence-electron chi connectivity index (χ0n) is 7.59. The number of hydrogen-bond donors (Lipinski definition) is 1. The summed E-state index contributed by atoms with van der Waals surface area (Å²) in [6, 6.07) is 3.83. The van der Waals surface area contributed by atoms with Crippen molar-refractivity contribution >= 4 is 11.4 Å². The van der Waals surface area contributed by atoms with Crippen molar-refractivity contribution in [3.63, 3.8) is 0 Å². The molecule has 0 unspecified atom stereocenters. The van der Waals surface area contributed by atoms with Crippen LogP contribution in [0.5, 0.6) is 0 Å². The highest BCUT2D eigenvalue weighted by Crippen LogP contribution is 2.16. The first-order valence-electron chi connectivity index (χ1n) is 4.06. The summed E-state index contributed by atoms with van der Waals surface area (Å²) < 4.78 is 0. The van der Waals surface area contributed by atoms with E-state index in [0.717, 1.165) is 17.7 Å². The minimum absolute atomic E-state index is 0.560. The number of nitrogen functional groups attached to an aromatic ring is 1. The summed E-state index contributed by atoms with van der Waals surface area (Å²) in [5, 5.41) is 0. The fourth-order valence-electron chi connectivity index (χ4n) is 1.16. The Bertz CT molecular complexity index is 303. The van der Waals surface area contributed by atoms with Gasteiger partial charge >= 0.3 is 0 Å². The van der Waals surface area contributed by atoms with Crippen LogP contribution >= 0.6 is 0 Å². The molecule has 0 bridgehead atoms. The molecule has 1 rings (SSSR count). The lowest BCUT2D eigenvalue weighted by Crippen LogP contribution is -1.98. The van der Waals surface area contributed by atoms with E-state index in [2.05, 4.69) is 18.5 Å². The fraction of sp³-hybridized carbons (Fsp3) is 0.300. The molecule has 12 heavy (non-hydrogen) atoms. The van der Waals surface area contributed by atoms with Crippen LogP contribution in [0.25, 0.3) is 5.57 Å². The predicted octanol–water partition coefficient (Wildman–Crippen LogP) is 2.26. The van der Waals surface area contributed by atoms with E-state index in [0.29, 0.717) is 5.82 Å². The molecule has 1 heterocycles. The van der Waals surface area contributed by atoms with Crippen LogP contribution < -0.4 is 5.73 Å². The average Bonchev–Trinajstić information content (AvgIpc) is 2.04. The number of rotatable bonds is 2. The van der Waals surface area contributed by atoms with Gasteiger partial charge in [0.25, 0.3) is 0 Å². The lowest BCUT2D eigenvalue weighted by atomic mass is 10.1. The van der Waals surface area contributed by atoms with Crippen molar-refractivity contribution in [2.75, 3.05) is 5.73 Å².